The van der Waals surface area contributed by atoms with Gasteiger partial charge in [-0.15, -0.1) is 0 Å². The first-order valence-electron chi connectivity index (χ1n) is 10.1. The van der Waals surface area contributed by atoms with Gasteiger partial charge in [0.1, 0.15) is 11.9 Å². The van der Waals surface area contributed by atoms with Gasteiger partial charge in [0.25, 0.3) is 0 Å². The molecule has 4 fully saturated rings. The summed E-state index contributed by atoms with van der Waals surface area (Å²) < 4.78 is 5.74. The largest absolute Gasteiger partial charge is 0.462 e. The molecule has 0 unspecified atom stereocenters. The molecular weight excluding hydrogens is 380 g/mol. The minimum Gasteiger partial charge on any atom is -0.462 e. The van der Waals surface area contributed by atoms with Crippen molar-refractivity contribution < 1.29 is 14.3 Å². The Labute approximate surface area is 159 Å². The van der Waals surface area contributed by atoms with Gasteiger partial charge in [-0.3, -0.25) is 9.59 Å². The van der Waals surface area contributed by atoms with Crippen molar-refractivity contribution in [2.24, 2.45) is 34.5 Å². The highest BCUT2D eigenvalue weighted by atomic mass is 79.9. The Morgan fingerprint density at radius 2 is 1.68 bits per heavy atom. The Hall–Kier alpha value is -0.380. The minimum absolute atomic E-state index is 0.0675. The van der Waals surface area contributed by atoms with E-state index in [0.717, 1.165) is 31.1 Å². The van der Waals surface area contributed by atoms with E-state index in [-0.39, 0.29) is 22.3 Å². The molecule has 0 N–H and O–H groups in total. The summed E-state index contributed by atoms with van der Waals surface area (Å²) in [5.41, 5.74) is 0.458. The maximum atomic E-state index is 12.2. The molecule has 0 aromatic carbocycles. The molecule has 0 radical (unpaired) electrons. The summed E-state index contributed by atoms with van der Waals surface area (Å²) in [6.45, 7) is 6.39. The fraction of sp³-hybridized carbons (Fsp3) is 0.905. The van der Waals surface area contributed by atoms with Crippen LogP contribution in [-0.4, -0.2) is 22.7 Å². The molecule has 4 aliphatic carbocycles. The standard InChI is InChI=1S/C21H31BrO3/c1-12(23)25-18-7-6-14-13-4-5-16-19(22)17(24)9-11-20(16,2)15(13)8-10-21(14,18)3/h13-16,18-19H,4-11H2,1-3H3/t13-,14+,15-,16+,18+,19-,20+,21-/m0/s1. The van der Waals surface area contributed by atoms with Crippen LogP contribution in [0, 0.1) is 34.5 Å². The summed E-state index contributed by atoms with van der Waals surface area (Å²) >= 11 is 3.74. The van der Waals surface area contributed by atoms with Crippen molar-refractivity contribution in [3.63, 3.8) is 0 Å². The van der Waals surface area contributed by atoms with Crippen LogP contribution in [0.1, 0.15) is 72.1 Å². The van der Waals surface area contributed by atoms with Crippen LogP contribution in [0.2, 0.25) is 0 Å². The zero-order valence-corrected chi connectivity index (χ0v) is 17.3. The van der Waals surface area contributed by atoms with Gasteiger partial charge >= 0.3 is 5.97 Å². The molecule has 140 valence electrons. The Bertz CT molecular complexity index is 590. The molecule has 25 heavy (non-hydrogen) atoms. The maximum absolute atomic E-state index is 12.2. The Kier molecular flexibility index (Phi) is 4.37. The second-order valence-corrected chi connectivity index (χ2v) is 10.6. The number of Topliss-reactive ketones (excluding diaryl/α,β-unsaturated/α-hetero) is 1. The number of carbonyl (C=O) groups excluding carboxylic acids is 2. The predicted molar refractivity (Wildman–Crippen MR) is 100 cm³/mol. The Balaban J connectivity index is 1.60. The number of alkyl halides is 1. The van der Waals surface area contributed by atoms with Gasteiger partial charge in [-0.25, -0.2) is 0 Å². The molecule has 0 spiro atoms. The Morgan fingerprint density at radius 1 is 1.00 bits per heavy atom. The van der Waals surface area contributed by atoms with Crippen molar-refractivity contribution in [2.45, 2.75) is 83.1 Å². The zero-order chi connectivity index (χ0) is 18.0. The summed E-state index contributed by atoms with van der Waals surface area (Å²) in [5.74, 6) is 2.95. The summed E-state index contributed by atoms with van der Waals surface area (Å²) in [6, 6.07) is 0. The van der Waals surface area contributed by atoms with Crippen molar-refractivity contribution in [3.8, 4) is 0 Å². The fourth-order valence-electron chi connectivity index (χ4n) is 7.44. The van der Waals surface area contributed by atoms with Crippen molar-refractivity contribution in [2.75, 3.05) is 0 Å². The van der Waals surface area contributed by atoms with Crippen LogP contribution in [0.25, 0.3) is 0 Å². The van der Waals surface area contributed by atoms with Crippen molar-refractivity contribution in [3.05, 3.63) is 0 Å². The van der Waals surface area contributed by atoms with Gasteiger partial charge in [0, 0.05) is 18.8 Å². The third-order valence-corrected chi connectivity index (χ3v) is 9.88. The highest BCUT2D eigenvalue weighted by Gasteiger charge is 2.62. The van der Waals surface area contributed by atoms with Gasteiger partial charge in [0.05, 0.1) is 4.83 Å². The number of carbonyl (C=O) groups is 2. The molecule has 3 nitrogen and oxygen atoms in total. The van der Waals surface area contributed by atoms with Crippen LogP contribution in [0.15, 0.2) is 0 Å². The number of fused-ring (bicyclic) bond motifs is 5. The second kappa shape index (κ2) is 6.07. The van der Waals surface area contributed by atoms with Gasteiger partial charge < -0.3 is 4.74 Å². The third-order valence-electron chi connectivity index (χ3n) is 8.73. The number of rotatable bonds is 1. The number of hydrogen-bond acceptors (Lipinski definition) is 3. The fourth-order valence-corrected chi connectivity index (χ4v) is 8.53. The van der Waals surface area contributed by atoms with E-state index in [4.69, 9.17) is 4.74 Å². The first kappa shape index (κ1) is 18.0. The molecule has 4 rings (SSSR count). The van der Waals surface area contributed by atoms with Gasteiger partial charge in [0.2, 0.25) is 0 Å². The number of halogens is 1. The summed E-state index contributed by atoms with van der Waals surface area (Å²) in [7, 11) is 0. The summed E-state index contributed by atoms with van der Waals surface area (Å²) in [6.07, 6.45) is 8.96. The smallest absolute Gasteiger partial charge is 0.302 e. The molecule has 0 aliphatic heterocycles. The normalized spacial score (nSPS) is 52.1. The van der Waals surface area contributed by atoms with Gasteiger partial charge in [0.15, 0.2) is 0 Å². The molecule has 0 aromatic heterocycles. The number of ether oxygens (including phenoxy) is 1. The molecular formula is C21H31BrO3. The Morgan fingerprint density at radius 3 is 2.40 bits per heavy atom. The van der Waals surface area contributed by atoms with E-state index in [0.29, 0.717) is 23.0 Å². The van der Waals surface area contributed by atoms with Gasteiger partial charge in [-0.05, 0) is 74.0 Å². The molecule has 0 bridgehead atoms. The van der Waals surface area contributed by atoms with Crippen LogP contribution in [0.3, 0.4) is 0 Å². The number of hydrogen-bond donors (Lipinski definition) is 0. The summed E-state index contributed by atoms with van der Waals surface area (Å²) in [4.78, 5) is 23.8. The van der Waals surface area contributed by atoms with Crippen molar-refractivity contribution >= 4 is 27.7 Å². The van der Waals surface area contributed by atoms with Crippen LogP contribution in [0.5, 0.6) is 0 Å². The number of esters is 1. The molecule has 0 saturated heterocycles. The first-order chi connectivity index (χ1) is 11.8. The van der Waals surface area contributed by atoms with E-state index in [1.165, 1.54) is 32.1 Å². The predicted octanol–water partition coefficient (Wildman–Crippen LogP) is 4.90. The quantitative estimate of drug-likeness (QED) is 0.455. The van der Waals surface area contributed by atoms with E-state index in [1.54, 1.807) is 6.92 Å². The lowest BCUT2D eigenvalue weighted by Crippen LogP contribution is -2.56. The van der Waals surface area contributed by atoms with Gasteiger partial charge in [-0.2, -0.15) is 0 Å². The van der Waals surface area contributed by atoms with Crippen LogP contribution >= 0.6 is 15.9 Å². The molecule has 4 heteroatoms. The molecule has 0 amide bonds. The highest BCUT2D eigenvalue weighted by molar-refractivity contribution is 9.10. The second-order valence-electron chi connectivity index (χ2n) is 9.65. The number of ketones is 1. The average molecular weight is 411 g/mol. The third kappa shape index (κ3) is 2.56. The maximum Gasteiger partial charge on any atom is 0.302 e. The van der Waals surface area contributed by atoms with E-state index in [1.807, 2.05) is 0 Å². The highest BCUT2D eigenvalue weighted by Crippen LogP contribution is 2.66. The molecule has 0 aromatic rings. The van der Waals surface area contributed by atoms with E-state index in [9.17, 15) is 9.59 Å². The summed E-state index contributed by atoms with van der Waals surface area (Å²) in [5, 5.41) is 0. The van der Waals surface area contributed by atoms with Crippen LogP contribution in [0.4, 0.5) is 0 Å². The molecule has 0 heterocycles. The van der Waals surface area contributed by atoms with Gasteiger partial charge in [-0.1, -0.05) is 29.8 Å². The zero-order valence-electron chi connectivity index (χ0n) is 15.7. The molecule has 8 atom stereocenters. The first-order valence-corrected chi connectivity index (χ1v) is 11.0. The van der Waals surface area contributed by atoms with E-state index < -0.39 is 0 Å². The SMILES string of the molecule is CC(=O)O[C@@H]1CC[C@@H]2[C@@H]3CC[C@@H]4[C@H](Br)C(=O)CC[C@]4(C)[C@H]3CC[C@@]21C. The monoisotopic (exact) mass is 410 g/mol. The van der Waals surface area contributed by atoms with Crippen molar-refractivity contribution in [1.82, 2.24) is 0 Å². The van der Waals surface area contributed by atoms with Crippen LogP contribution < -0.4 is 0 Å². The minimum atomic E-state index is -0.127. The molecule has 4 saturated carbocycles. The lowest BCUT2D eigenvalue weighted by atomic mass is 9.45. The average Bonchev–Trinajstić information content (AvgIpc) is 2.88. The lowest BCUT2D eigenvalue weighted by molar-refractivity contribution is -0.161. The van der Waals surface area contributed by atoms with Crippen LogP contribution in [-0.2, 0) is 14.3 Å². The van der Waals surface area contributed by atoms with E-state index in [2.05, 4.69) is 29.8 Å². The topological polar surface area (TPSA) is 43.4 Å². The molecule has 4 aliphatic rings. The lowest BCUT2D eigenvalue weighted by Gasteiger charge is -2.60. The van der Waals surface area contributed by atoms with Crippen molar-refractivity contribution in [1.29, 1.82) is 0 Å². The van der Waals surface area contributed by atoms with E-state index >= 15 is 0 Å².